The van der Waals surface area contributed by atoms with Crippen molar-refractivity contribution in [3.63, 3.8) is 0 Å². The minimum absolute atomic E-state index is 0.177. The number of carbonyl (C=O) groups is 1. The molecule has 0 bridgehead atoms. The highest BCUT2D eigenvalue weighted by atomic mass is 16.3. The van der Waals surface area contributed by atoms with E-state index in [-0.39, 0.29) is 12.5 Å². The first-order valence-corrected chi connectivity index (χ1v) is 8.67. The van der Waals surface area contributed by atoms with Crippen molar-refractivity contribution in [1.29, 1.82) is 0 Å². The summed E-state index contributed by atoms with van der Waals surface area (Å²) in [7, 11) is 1.83. The summed E-state index contributed by atoms with van der Waals surface area (Å²) in [5.41, 5.74) is 2.53. The van der Waals surface area contributed by atoms with Crippen LogP contribution in [0.15, 0.2) is 36.8 Å². The Balaban J connectivity index is 2.03. The average Bonchev–Trinajstić information content (AvgIpc) is 3.03. The normalized spacial score (nSPS) is 12.6. The van der Waals surface area contributed by atoms with Crippen LogP contribution < -0.4 is 5.32 Å². The Morgan fingerprint density at radius 1 is 1.32 bits per heavy atom. The first-order chi connectivity index (χ1) is 12.0. The molecule has 2 aromatic rings. The van der Waals surface area contributed by atoms with E-state index >= 15 is 0 Å². The van der Waals surface area contributed by atoms with E-state index in [0.717, 1.165) is 18.8 Å². The van der Waals surface area contributed by atoms with Gasteiger partial charge in [0.15, 0.2) is 0 Å². The molecular formula is C19H28N4O2. The molecule has 2 rings (SSSR count). The van der Waals surface area contributed by atoms with Gasteiger partial charge in [-0.25, -0.2) is 4.98 Å². The third-order valence-corrected chi connectivity index (χ3v) is 4.44. The number of amides is 1. The molecule has 136 valence electrons. The van der Waals surface area contributed by atoms with Gasteiger partial charge in [0.2, 0.25) is 0 Å². The lowest BCUT2D eigenvalue weighted by atomic mass is 10.1. The Bertz CT molecular complexity index is 679. The molecule has 6 nitrogen and oxygen atoms in total. The summed E-state index contributed by atoms with van der Waals surface area (Å²) in [6.45, 7) is 8.18. The van der Waals surface area contributed by atoms with Gasteiger partial charge >= 0.3 is 0 Å². The highest BCUT2D eigenvalue weighted by molar-refractivity contribution is 5.94. The standard InChI is InChI=1S/C19H28N4O2/c1-5-23(14(2)3)11-15-6-8-16(9-7-15)19(25)21-17(12-24)18-10-20-13-22(18)4/h6-10,13-14,17,24H,5,11-12H2,1-4H3,(H,21,25). The van der Waals surface area contributed by atoms with Gasteiger partial charge in [-0.05, 0) is 38.1 Å². The highest BCUT2D eigenvalue weighted by Gasteiger charge is 2.17. The monoisotopic (exact) mass is 344 g/mol. The molecule has 1 aromatic carbocycles. The molecule has 0 aliphatic carbocycles. The number of nitrogens with one attached hydrogen (secondary N) is 1. The molecule has 2 N–H and O–H groups in total. The van der Waals surface area contributed by atoms with Crippen molar-refractivity contribution < 1.29 is 9.90 Å². The molecule has 0 radical (unpaired) electrons. The van der Waals surface area contributed by atoms with Crippen molar-refractivity contribution in [1.82, 2.24) is 19.8 Å². The van der Waals surface area contributed by atoms with Gasteiger partial charge in [0.1, 0.15) is 0 Å². The molecule has 0 fully saturated rings. The minimum atomic E-state index is -0.476. The summed E-state index contributed by atoms with van der Waals surface area (Å²) in [5.74, 6) is -0.206. The minimum Gasteiger partial charge on any atom is -0.394 e. The van der Waals surface area contributed by atoms with Crippen molar-refractivity contribution in [2.75, 3.05) is 13.2 Å². The van der Waals surface area contributed by atoms with E-state index in [2.05, 4.69) is 36.0 Å². The second kappa shape index (κ2) is 8.78. The molecule has 1 aromatic heterocycles. The first-order valence-electron chi connectivity index (χ1n) is 8.67. The molecule has 1 atom stereocenters. The fourth-order valence-electron chi connectivity index (χ4n) is 2.81. The van der Waals surface area contributed by atoms with Crippen molar-refractivity contribution in [3.05, 3.63) is 53.6 Å². The van der Waals surface area contributed by atoms with E-state index in [1.54, 1.807) is 17.1 Å². The van der Waals surface area contributed by atoms with E-state index in [1.807, 2.05) is 31.3 Å². The molecule has 6 heteroatoms. The van der Waals surface area contributed by atoms with Gasteiger partial charge in [-0.2, -0.15) is 0 Å². The number of imidazole rings is 1. The van der Waals surface area contributed by atoms with E-state index < -0.39 is 6.04 Å². The van der Waals surface area contributed by atoms with Gasteiger partial charge < -0.3 is 15.0 Å². The van der Waals surface area contributed by atoms with E-state index in [0.29, 0.717) is 11.6 Å². The molecule has 0 aliphatic heterocycles. The van der Waals surface area contributed by atoms with Gasteiger partial charge in [0.05, 0.1) is 30.9 Å². The van der Waals surface area contributed by atoms with Gasteiger partial charge in [-0.3, -0.25) is 9.69 Å². The van der Waals surface area contributed by atoms with Crippen molar-refractivity contribution in [2.45, 2.75) is 39.4 Å². The molecule has 1 amide bonds. The number of aromatic nitrogens is 2. The Labute approximate surface area is 149 Å². The zero-order valence-electron chi connectivity index (χ0n) is 15.4. The quantitative estimate of drug-likeness (QED) is 0.769. The third kappa shape index (κ3) is 4.90. The number of aliphatic hydroxyl groups excluding tert-OH is 1. The molecule has 0 saturated heterocycles. The number of rotatable bonds is 8. The second-order valence-corrected chi connectivity index (χ2v) is 6.49. The Morgan fingerprint density at radius 3 is 2.48 bits per heavy atom. The number of aliphatic hydroxyl groups is 1. The number of benzene rings is 1. The van der Waals surface area contributed by atoms with Crippen LogP contribution in [0.5, 0.6) is 0 Å². The summed E-state index contributed by atoms with van der Waals surface area (Å²) < 4.78 is 1.79. The van der Waals surface area contributed by atoms with E-state index in [4.69, 9.17) is 0 Å². The van der Waals surface area contributed by atoms with E-state index in [1.165, 1.54) is 5.56 Å². The lowest BCUT2D eigenvalue weighted by Crippen LogP contribution is -2.32. The van der Waals surface area contributed by atoms with Crippen LogP contribution in [0.1, 0.15) is 48.4 Å². The van der Waals surface area contributed by atoms with Crippen LogP contribution in [0.25, 0.3) is 0 Å². The smallest absolute Gasteiger partial charge is 0.251 e. The third-order valence-electron chi connectivity index (χ3n) is 4.44. The lowest BCUT2D eigenvalue weighted by Gasteiger charge is -2.24. The van der Waals surface area contributed by atoms with Crippen LogP contribution in [0.4, 0.5) is 0 Å². The number of aryl methyl sites for hydroxylation is 1. The molecule has 1 unspecified atom stereocenters. The average molecular weight is 344 g/mol. The van der Waals surface area contributed by atoms with Crippen molar-refractivity contribution in [3.8, 4) is 0 Å². The van der Waals surface area contributed by atoms with Crippen LogP contribution in [0.2, 0.25) is 0 Å². The van der Waals surface area contributed by atoms with Gasteiger partial charge in [0, 0.05) is 25.2 Å². The maximum Gasteiger partial charge on any atom is 0.251 e. The van der Waals surface area contributed by atoms with Crippen LogP contribution >= 0.6 is 0 Å². The summed E-state index contributed by atoms with van der Waals surface area (Å²) >= 11 is 0. The lowest BCUT2D eigenvalue weighted by molar-refractivity contribution is 0.0913. The number of nitrogens with zero attached hydrogens (tertiary/aromatic N) is 3. The Morgan fingerprint density at radius 2 is 2.00 bits per heavy atom. The summed E-state index contributed by atoms with van der Waals surface area (Å²) in [6.07, 6.45) is 3.29. The van der Waals surface area contributed by atoms with Crippen LogP contribution in [0.3, 0.4) is 0 Å². The number of hydrogen-bond donors (Lipinski definition) is 2. The summed E-state index contributed by atoms with van der Waals surface area (Å²) in [5, 5.41) is 12.4. The molecule has 0 aliphatic rings. The largest absolute Gasteiger partial charge is 0.394 e. The van der Waals surface area contributed by atoms with Gasteiger partial charge in [0.25, 0.3) is 5.91 Å². The number of hydrogen-bond acceptors (Lipinski definition) is 4. The van der Waals surface area contributed by atoms with Crippen LogP contribution in [0, 0.1) is 0 Å². The summed E-state index contributed by atoms with van der Waals surface area (Å²) in [6, 6.07) is 7.64. The SMILES string of the molecule is CCN(Cc1ccc(C(=O)NC(CO)c2cncn2C)cc1)C(C)C. The Kier molecular flexibility index (Phi) is 6.73. The van der Waals surface area contributed by atoms with Crippen LogP contribution in [-0.4, -0.2) is 44.7 Å². The fourth-order valence-corrected chi connectivity index (χ4v) is 2.81. The maximum absolute atomic E-state index is 12.5. The molecular weight excluding hydrogens is 316 g/mol. The van der Waals surface area contributed by atoms with Gasteiger partial charge in [-0.1, -0.05) is 19.1 Å². The van der Waals surface area contributed by atoms with Crippen molar-refractivity contribution in [2.24, 2.45) is 7.05 Å². The Hall–Kier alpha value is -2.18. The molecule has 0 saturated carbocycles. The second-order valence-electron chi connectivity index (χ2n) is 6.49. The first kappa shape index (κ1) is 19.1. The molecule has 1 heterocycles. The predicted molar refractivity (Wildman–Crippen MR) is 98.2 cm³/mol. The zero-order chi connectivity index (χ0) is 18.4. The summed E-state index contributed by atoms with van der Waals surface area (Å²) in [4.78, 5) is 18.8. The topological polar surface area (TPSA) is 70.4 Å². The maximum atomic E-state index is 12.5. The van der Waals surface area contributed by atoms with Gasteiger partial charge in [-0.15, -0.1) is 0 Å². The fraction of sp³-hybridized carbons (Fsp3) is 0.474. The van der Waals surface area contributed by atoms with Crippen molar-refractivity contribution >= 4 is 5.91 Å². The highest BCUT2D eigenvalue weighted by Crippen LogP contribution is 2.14. The molecule has 25 heavy (non-hydrogen) atoms. The zero-order valence-corrected chi connectivity index (χ0v) is 15.4. The van der Waals surface area contributed by atoms with Crippen LogP contribution in [-0.2, 0) is 13.6 Å². The van der Waals surface area contributed by atoms with E-state index in [9.17, 15) is 9.90 Å². The predicted octanol–water partition coefficient (Wildman–Crippen LogP) is 2.11. The molecule has 0 spiro atoms. The number of carbonyl (C=O) groups excluding carboxylic acids is 1.